The Morgan fingerprint density at radius 2 is 2.22 bits per heavy atom. The molecular formula is C15H19ClF2N2O3. The third kappa shape index (κ3) is 3.98. The van der Waals surface area contributed by atoms with Crippen molar-refractivity contribution >= 4 is 17.5 Å². The maximum atomic E-state index is 14.2. The summed E-state index contributed by atoms with van der Waals surface area (Å²) in [5, 5.41) is 14.0. The van der Waals surface area contributed by atoms with Crippen LogP contribution in [-0.4, -0.2) is 42.9 Å². The molecule has 0 bridgehead atoms. The van der Waals surface area contributed by atoms with Crippen LogP contribution in [0, 0.1) is 11.6 Å². The molecule has 1 saturated heterocycles. The fraction of sp³-hybridized carbons (Fsp3) is 0.533. The predicted molar refractivity (Wildman–Crippen MR) is 81.2 cm³/mol. The number of benzene rings is 1. The van der Waals surface area contributed by atoms with Gasteiger partial charge in [0.1, 0.15) is 22.8 Å². The molecule has 0 saturated carbocycles. The number of carbonyl (C=O) groups excluding carboxylic acids is 1. The van der Waals surface area contributed by atoms with Crippen LogP contribution in [0.4, 0.5) is 8.78 Å². The molecule has 1 aromatic carbocycles. The van der Waals surface area contributed by atoms with Crippen LogP contribution in [0.5, 0.6) is 0 Å². The first-order valence-electron chi connectivity index (χ1n) is 7.18. The lowest BCUT2D eigenvalue weighted by atomic mass is 9.93. The van der Waals surface area contributed by atoms with Crippen molar-refractivity contribution in [2.75, 3.05) is 19.8 Å². The number of nitrogens with one attached hydrogen (secondary N) is 2. The van der Waals surface area contributed by atoms with E-state index in [1.807, 2.05) is 0 Å². The van der Waals surface area contributed by atoms with Gasteiger partial charge in [0.15, 0.2) is 0 Å². The van der Waals surface area contributed by atoms with Gasteiger partial charge in [0.2, 0.25) is 0 Å². The van der Waals surface area contributed by atoms with Crippen molar-refractivity contribution < 1.29 is 23.4 Å². The number of morpholine rings is 1. The summed E-state index contributed by atoms with van der Waals surface area (Å²) in [5.41, 5.74) is -1.02. The standard InChI is InChI=1S/C15H19ClF2N2O3/c1-15(2,9-3-4-10(17)12(16)13(9)18)20-14(22)11-5-19-8(6-21)7-23-11/h3-4,8,11,19,21H,5-7H2,1-2H3,(H,20,22)/t8-,11+/m1/s1. The van der Waals surface area contributed by atoms with Gasteiger partial charge in [-0.05, 0) is 19.9 Å². The number of carbonyl (C=O) groups is 1. The summed E-state index contributed by atoms with van der Waals surface area (Å²) in [6.45, 7) is 3.53. The van der Waals surface area contributed by atoms with Gasteiger partial charge in [0.25, 0.3) is 5.91 Å². The molecule has 1 aliphatic rings. The van der Waals surface area contributed by atoms with Crippen molar-refractivity contribution in [1.82, 2.24) is 10.6 Å². The summed E-state index contributed by atoms with van der Waals surface area (Å²) in [4.78, 5) is 12.3. The molecule has 8 heteroatoms. The largest absolute Gasteiger partial charge is 0.395 e. The predicted octanol–water partition coefficient (Wildman–Crippen LogP) is 1.32. The summed E-state index contributed by atoms with van der Waals surface area (Å²) >= 11 is 5.59. The SMILES string of the molecule is CC(C)(NC(=O)[C@@H]1CN[C@H](CO)CO1)c1ccc(F)c(Cl)c1F. The second-order valence-corrected chi connectivity index (χ2v) is 6.32. The minimum absolute atomic E-state index is 0.0780. The van der Waals surface area contributed by atoms with Crippen molar-refractivity contribution in [3.63, 3.8) is 0 Å². The number of rotatable bonds is 4. The van der Waals surface area contributed by atoms with Crippen molar-refractivity contribution in [3.05, 3.63) is 34.4 Å². The molecule has 0 spiro atoms. The van der Waals surface area contributed by atoms with Gasteiger partial charge in [0.05, 0.1) is 24.8 Å². The number of ether oxygens (including phenoxy) is 1. The van der Waals surface area contributed by atoms with E-state index in [0.29, 0.717) is 0 Å². The first kappa shape index (κ1) is 18.1. The molecule has 0 radical (unpaired) electrons. The highest BCUT2D eigenvalue weighted by Crippen LogP contribution is 2.29. The summed E-state index contributed by atoms with van der Waals surface area (Å²) < 4.78 is 32.8. The van der Waals surface area contributed by atoms with Crippen molar-refractivity contribution in [3.8, 4) is 0 Å². The third-order valence-corrected chi connectivity index (χ3v) is 4.09. The van der Waals surface area contributed by atoms with Gasteiger partial charge < -0.3 is 20.5 Å². The second kappa shape index (κ2) is 7.09. The normalized spacial score (nSPS) is 22.0. The first-order chi connectivity index (χ1) is 10.8. The zero-order chi connectivity index (χ0) is 17.2. The fourth-order valence-electron chi connectivity index (χ4n) is 2.37. The number of halogens is 3. The van der Waals surface area contributed by atoms with Gasteiger partial charge in [-0.1, -0.05) is 17.7 Å². The number of hydrogen-bond donors (Lipinski definition) is 3. The minimum Gasteiger partial charge on any atom is -0.395 e. The third-order valence-electron chi connectivity index (χ3n) is 3.75. The molecule has 1 amide bonds. The van der Waals surface area contributed by atoms with E-state index < -0.39 is 34.2 Å². The molecule has 1 aliphatic heterocycles. The highest BCUT2D eigenvalue weighted by molar-refractivity contribution is 6.31. The molecule has 2 rings (SSSR count). The molecule has 0 aromatic heterocycles. The average molecular weight is 349 g/mol. The van der Waals surface area contributed by atoms with E-state index in [4.69, 9.17) is 21.4 Å². The zero-order valence-corrected chi connectivity index (χ0v) is 13.6. The zero-order valence-electron chi connectivity index (χ0n) is 12.8. The van der Waals surface area contributed by atoms with Gasteiger partial charge in [0, 0.05) is 12.1 Å². The van der Waals surface area contributed by atoms with E-state index >= 15 is 0 Å². The topological polar surface area (TPSA) is 70.6 Å². The molecule has 5 nitrogen and oxygen atoms in total. The van der Waals surface area contributed by atoms with Crippen LogP contribution in [0.1, 0.15) is 19.4 Å². The summed E-state index contributed by atoms with van der Waals surface area (Å²) in [5.74, 6) is -2.19. The Labute approximate surface area is 138 Å². The van der Waals surface area contributed by atoms with Crippen LogP contribution < -0.4 is 10.6 Å². The van der Waals surface area contributed by atoms with Crippen LogP contribution in [0.15, 0.2) is 12.1 Å². The van der Waals surface area contributed by atoms with Gasteiger partial charge in [-0.25, -0.2) is 8.78 Å². The maximum absolute atomic E-state index is 14.2. The number of aliphatic hydroxyl groups excluding tert-OH is 1. The summed E-state index contributed by atoms with van der Waals surface area (Å²) in [7, 11) is 0. The lowest BCUT2D eigenvalue weighted by Crippen LogP contribution is -2.56. The molecule has 1 heterocycles. The highest BCUT2D eigenvalue weighted by Gasteiger charge is 2.33. The maximum Gasteiger partial charge on any atom is 0.251 e. The van der Waals surface area contributed by atoms with Crippen LogP contribution in [0.3, 0.4) is 0 Å². The average Bonchev–Trinajstić information content (AvgIpc) is 2.52. The van der Waals surface area contributed by atoms with Gasteiger partial charge >= 0.3 is 0 Å². The Morgan fingerprint density at radius 3 is 2.78 bits per heavy atom. The van der Waals surface area contributed by atoms with Crippen LogP contribution in [0.2, 0.25) is 5.02 Å². The van der Waals surface area contributed by atoms with Crippen molar-refractivity contribution in [1.29, 1.82) is 0 Å². The molecule has 0 aliphatic carbocycles. The molecule has 1 aromatic rings. The van der Waals surface area contributed by atoms with Crippen molar-refractivity contribution in [2.24, 2.45) is 0 Å². The van der Waals surface area contributed by atoms with Crippen LogP contribution >= 0.6 is 11.6 Å². The van der Waals surface area contributed by atoms with Gasteiger partial charge in [-0.3, -0.25) is 4.79 Å². The minimum atomic E-state index is -1.10. The Hall–Kier alpha value is -1.28. The quantitative estimate of drug-likeness (QED) is 0.718. The number of hydrogen-bond acceptors (Lipinski definition) is 4. The fourth-order valence-corrected chi connectivity index (χ4v) is 2.54. The Bertz CT molecular complexity index is 590. The molecule has 23 heavy (non-hydrogen) atoms. The molecule has 128 valence electrons. The van der Waals surface area contributed by atoms with Crippen molar-refractivity contribution in [2.45, 2.75) is 31.5 Å². The first-order valence-corrected chi connectivity index (χ1v) is 7.56. The Balaban J connectivity index is 2.09. The molecule has 2 atom stereocenters. The van der Waals surface area contributed by atoms with E-state index in [0.717, 1.165) is 6.07 Å². The monoisotopic (exact) mass is 348 g/mol. The molecule has 1 fully saturated rings. The van der Waals surface area contributed by atoms with Gasteiger partial charge in [-0.15, -0.1) is 0 Å². The smallest absolute Gasteiger partial charge is 0.251 e. The highest BCUT2D eigenvalue weighted by atomic mass is 35.5. The van der Waals surface area contributed by atoms with E-state index in [-0.39, 0.29) is 31.4 Å². The van der Waals surface area contributed by atoms with E-state index in [1.54, 1.807) is 13.8 Å². The van der Waals surface area contributed by atoms with E-state index in [1.165, 1.54) is 6.07 Å². The van der Waals surface area contributed by atoms with Crippen LogP contribution in [0.25, 0.3) is 0 Å². The summed E-state index contributed by atoms with van der Waals surface area (Å²) in [6, 6.07) is 2.10. The molecule has 3 N–H and O–H groups in total. The number of aliphatic hydroxyl groups is 1. The second-order valence-electron chi connectivity index (χ2n) is 5.95. The summed E-state index contributed by atoms with van der Waals surface area (Å²) in [6.07, 6.45) is -0.754. The van der Waals surface area contributed by atoms with E-state index in [9.17, 15) is 13.6 Å². The van der Waals surface area contributed by atoms with Gasteiger partial charge in [-0.2, -0.15) is 0 Å². The lowest BCUT2D eigenvalue weighted by molar-refractivity contribution is -0.137. The van der Waals surface area contributed by atoms with Crippen LogP contribution in [-0.2, 0) is 15.1 Å². The van der Waals surface area contributed by atoms with E-state index in [2.05, 4.69) is 10.6 Å². The number of amides is 1. The Kier molecular flexibility index (Phi) is 5.57. The molecular weight excluding hydrogens is 330 g/mol. The molecule has 0 unspecified atom stereocenters. The lowest BCUT2D eigenvalue weighted by Gasteiger charge is -2.33. The Morgan fingerprint density at radius 1 is 1.52 bits per heavy atom.